The van der Waals surface area contributed by atoms with Gasteiger partial charge in [0.1, 0.15) is 6.61 Å². The number of amides is 1. The molecule has 0 spiro atoms. The van der Waals surface area contributed by atoms with Gasteiger partial charge in [0.05, 0.1) is 0 Å². The van der Waals surface area contributed by atoms with Crippen LogP contribution in [0.4, 0.5) is 4.79 Å². The molecule has 0 fully saturated rings. The summed E-state index contributed by atoms with van der Waals surface area (Å²) >= 11 is 1.27. The summed E-state index contributed by atoms with van der Waals surface area (Å²) in [5.74, 6) is 0.937. The van der Waals surface area contributed by atoms with Crippen LogP contribution in [0.15, 0.2) is 30.3 Å². The second-order valence-corrected chi connectivity index (χ2v) is 5.55. The number of hydrogen-bond donors (Lipinski definition) is 1. The lowest BCUT2D eigenvalue weighted by Crippen LogP contribution is -2.29. The molecule has 19 heavy (non-hydrogen) atoms. The molecule has 0 bridgehead atoms. The number of hydrogen-bond acceptors (Lipinski definition) is 4. The minimum absolute atomic E-state index is 0.0958. The standard InChI is InChI=1S/C14H19NO3S/c1-11(10-19-12(2)16)8-15-14(17)18-9-13-6-4-3-5-7-13/h3-7,11H,8-10H2,1-2H3,(H,15,17). The van der Waals surface area contributed by atoms with E-state index in [1.54, 1.807) is 6.92 Å². The highest BCUT2D eigenvalue weighted by Crippen LogP contribution is 2.08. The van der Waals surface area contributed by atoms with Crippen LogP contribution in [0, 0.1) is 5.92 Å². The average molecular weight is 281 g/mol. The third kappa shape index (κ3) is 7.51. The molecule has 1 rings (SSSR count). The molecule has 1 amide bonds. The molecule has 1 aromatic rings. The van der Waals surface area contributed by atoms with E-state index in [0.717, 1.165) is 5.56 Å². The average Bonchev–Trinajstić information content (AvgIpc) is 2.41. The van der Waals surface area contributed by atoms with Gasteiger partial charge < -0.3 is 10.1 Å². The summed E-state index contributed by atoms with van der Waals surface area (Å²) < 4.78 is 5.08. The largest absolute Gasteiger partial charge is 0.445 e. The van der Waals surface area contributed by atoms with Gasteiger partial charge in [-0.3, -0.25) is 4.79 Å². The summed E-state index contributed by atoms with van der Waals surface area (Å²) in [6, 6.07) is 9.52. The summed E-state index contributed by atoms with van der Waals surface area (Å²) in [4.78, 5) is 22.2. The van der Waals surface area contributed by atoms with Gasteiger partial charge in [0.25, 0.3) is 0 Å². The van der Waals surface area contributed by atoms with Crippen LogP contribution in [-0.2, 0) is 16.1 Å². The van der Waals surface area contributed by atoms with Gasteiger partial charge in [-0.2, -0.15) is 0 Å². The minimum Gasteiger partial charge on any atom is -0.445 e. The fourth-order valence-electron chi connectivity index (χ4n) is 1.35. The first kappa shape index (κ1) is 15.6. The van der Waals surface area contributed by atoms with Gasteiger partial charge in [-0.25, -0.2) is 4.79 Å². The molecule has 0 saturated carbocycles. The van der Waals surface area contributed by atoms with Crippen LogP contribution >= 0.6 is 11.8 Å². The molecule has 5 heteroatoms. The summed E-state index contributed by atoms with van der Waals surface area (Å²) in [6.07, 6.45) is -0.427. The molecule has 1 N–H and O–H groups in total. The maximum atomic E-state index is 11.5. The molecule has 0 heterocycles. The van der Waals surface area contributed by atoms with Gasteiger partial charge in [0.2, 0.25) is 0 Å². The molecule has 4 nitrogen and oxygen atoms in total. The number of carbonyl (C=O) groups is 2. The third-order valence-electron chi connectivity index (χ3n) is 2.38. The quantitative estimate of drug-likeness (QED) is 0.871. The molecule has 1 aromatic carbocycles. The first-order chi connectivity index (χ1) is 9.08. The fraction of sp³-hybridized carbons (Fsp3) is 0.429. The summed E-state index contributed by atoms with van der Waals surface area (Å²) in [5, 5.41) is 2.79. The monoisotopic (exact) mass is 281 g/mol. The van der Waals surface area contributed by atoms with E-state index >= 15 is 0 Å². The van der Waals surface area contributed by atoms with Gasteiger partial charge in [-0.05, 0) is 11.5 Å². The Kier molecular flexibility index (Phi) is 7.03. The van der Waals surface area contributed by atoms with Crippen LogP contribution in [0.1, 0.15) is 19.4 Å². The zero-order valence-corrected chi connectivity index (χ0v) is 12.0. The Morgan fingerprint density at radius 3 is 2.63 bits per heavy atom. The van der Waals surface area contributed by atoms with E-state index in [-0.39, 0.29) is 17.6 Å². The molecule has 0 aliphatic rings. The maximum absolute atomic E-state index is 11.5. The van der Waals surface area contributed by atoms with Crippen molar-refractivity contribution >= 4 is 23.0 Å². The molecule has 0 aliphatic heterocycles. The lowest BCUT2D eigenvalue weighted by Gasteiger charge is -2.11. The Morgan fingerprint density at radius 2 is 2.00 bits per heavy atom. The Morgan fingerprint density at radius 1 is 1.32 bits per heavy atom. The minimum atomic E-state index is -0.427. The first-order valence-electron chi connectivity index (χ1n) is 6.16. The molecule has 1 atom stereocenters. The number of nitrogens with one attached hydrogen (secondary N) is 1. The van der Waals surface area contributed by atoms with Gasteiger partial charge in [-0.15, -0.1) is 0 Å². The van der Waals surface area contributed by atoms with Crippen molar-refractivity contribution < 1.29 is 14.3 Å². The van der Waals surface area contributed by atoms with Crippen molar-refractivity contribution in [3.63, 3.8) is 0 Å². The molecule has 0 aliphatic carbocycles. The third-order valence-corrected chi connectivity index (χ3v) is 3.52. The molecule has 0 saturated heterocycles. The number of thioether (sulfide) groups is 1. The second-order valence-electron chi connectivity index (χ2n) is 4.35. The van der Waals surface area contributed by atoms with E-state index in [1.165, 1.54) is 11.8 Å². The van der Waals surface area contributed by atoms with Crippen LogP contribution in [0.5, 0.6) is 0 Å². The highest BCUT2D eigenvalue weighted by molar-refractivity contribution is 8.13. The van der Waals surface area contributed by atoms with Crippen molar-refractivity contribution in [2.45, 2.75) is 20.5 Å². The lowest BCUT2D eigenvalue weighted by molar-refractivity contribution is -0.109. The van der Waals surface area contributed by atoms with Crippen molar-refractivity contribution in [1.29, 1.82) is 0 Å². The number of rotatable bonds is 6. The van der Waals surface area contributed by atoms with Crippen molar-refractivity contribution in [2.24, 2.45) is 5.92 Å². The molecule has 1 unspecified atom stereocenters. The van der Waals surface area contributed by atoms with Crippen molar-refractivity contribution in [3.8, 4) is 0 Å². The van der Waals surface area contributed by atoms with E-state index < -0.39 is 6.09 Å². The molecule has 0 aromatic heterocycles. The van der Waals surface area contributed by atoms with E-state index in [1.807, 2.05) is 37.3 Å². The first-order valence-corrected chi connectivity index (χ1v) is 7.14. The number of carbonyl (C=O) groups excluding carboxylic acids is 2. The fourth-order valence-corrected chi connectivity index (χ4v) is 1.99. The number of alkyl carbamates (subject to hydrolysis) is 1. The van der Waals surface area contributed by atoms with Crippen molar-refractivity contribution in [1.82, 2.24) is 5.32 Å². The van der Waals surface area contributed by atoms with E-state index in [4.69, 9.17) is 4.74 Å². The van der Waals surface area contributed by atoms with Gasteiger partial charge >= 0.3 is 6.09 Å². The predicted molar refractivity (Wildman–Crippen MR) is 76.9 cm³/mol. The van der Waals surface area contributed by atoms with Crippen LogP contribution in [-0.4, -0.2) is 23.5 Å². The van der Waals surface area contributed by atoms with Crippen LogP contribution < -0.4 is 5.32 Å². The van der Waals surface area contributed by atoms with Gasteiger partial charge in [0, 0.05) is 19.2 Å². The summed E-state index contributed by atoms with van der Waals surface area (Å²) in [7, 11) is 0. The highest BCUT2D eigenvalue weighted by atomic mass is 32.2. The Labute approximate surface area is 117 Å². The summed E-state index contributed by atoms with van der Waals surface area (Å²) in [6.45, 7) is 4.30. The number of ether oxygens (including phenoxy) is 1. The lowest BCUT2D eigenvalue weighted by atomic mass is 10.2. The summed E-state index contributed by atoms with van der Waals surface area (Å²) in [5.41, 5.74) is 0.956. The zero-order valence-electron chi connectivity index (χ0n) is 11.2. The van der Waals surface area contributed by atoms with E-state index in [9.17, 15) is 9.59 Å². The zero-order chi connectivity index (χ0) is 14.1. The van der Waals surface area contributed by atoms with Crippen molar-refractivity contribution in [2.75, 3.05) is 12.3 Å². The molecular weight excluding hydrogens is 262 g/mol. The SMILES string of the molecule is CC(=O)SCC(C)CNC(=O)OCc1ccccc1. The predicted octanol–water partition coefficient (Wildman–Crippen LogP) is 2.83. The normalized spacial score (nSPS) is 11.7. The van der Waals surface area contributed by atoms with Gasteiger partial charge in [-0.1, -0.05) is 49.0 Å². The van der Waals surface area contributed by atoms with Crippen LogP contribution in [0.3, 0.4) is 0 Å². The van der Waals surface area contributed by atoms with Crippen LogP contribution in [0.25, 0.3) is 0 Å². The Bertz CT molecular complexity index is 408. The van der Waals surface area contributed by atoms with Crippen molar-refractivity contribution in [3.05, 3.63) is 35.9 Å². The van der Waals surface area contributed by atoms with E-state index in [2.05, 4.69) is 5.32 Å². The number of benzene rings is 1. The van der Waals surface area contributed by atoms with E-state index in [0.29, 0.717) is 12.3 Å². The second kappa shape index (κ2) is 8.58. The van der Waals surface area contributed by atoms with Crippen LogP contribution in [0.2, 0.25) is 0 Å². The molecule has 0 radical (unpaired) electrons. The Balaban J connectivity index is 2.16. The molecular formula is C14H19NO3S. The molecule has 104 valence electrons. The maximum Gasteiger partial charge on any atom is 0.407 e. The Hall–Kier alpha value is -1.49. The van der Waals surface area contributed by atoms with Gasteiger partial charge in [0.15, 0.2) is 5.12 Å². The smallest absolute Gasteiger partial charge is 0.407 e. The topological polar surface area (TPSA) is 55.4 Å². The highest BCUT2D eigenvalue weighted by Gasteiger charge is 2.07.